The van der Waals surface area contributed by atoms with Gasteiger partial charge in [-0.2, -0.15) is 0 Å². The van der Waals surface area contributed by atoms with Crippen LogP contribution in [0.25, 0.3) is 0 Å². The first kappa shape index (κ1) is 17.9. The molecule has 2 N–H and O–H groups in total. The predicted octanol–water partition coefficient (Wildman–Crippen LogP) is -0.0551. The van der Waals surface area contributed by atoms with Crippen molar-refractivity contribution in [2.24, 2.45) is 0 Å². The molecule has 4 rings (SSSR count). The largest absolute Gasteiger partial charge is 0.467 e. The van der Waals surface area contributed by atoms with Gasteiger partial charge in [-0.3, -0.25) is 10.1 Å². The number of nitrogens with one attached hydrogen (secondary N) is 2. The summed E-state index contributed by atoms with van der Waals surface area (Å²) >= 11 is 0. The Morgan fingerprint density at radius 2 is 1.70 bits per heavy atom. The average Bonchev–Trinajstić information content (AvgIpc) is 2.70. The molecule has 0 saturated carbocycles. The Morgan fingerprint density at radius 3 is 2.41 bits per heavy atom. The van der Waals surface area contributed by atoms with Gasteiger partial charge in [-0.1, -0.05) is 30.3 Å². The van der Waals surface area contributed by atoms with Crippen molar-refractivity contribution in [2.45, 2.75) is 19.7 Å². The number of nitro benzene ring substituents is 1. The highest BCUT2D eigenvalue weighted by molar-refractivity contribution is 5.50. The molecule has 2 aromatic rings. The lowest BCUT2D eigenvalue weighted by atomic mass is 10.1. The highest BCUT2D eigenvalue weighted by atomic mass is 16.7. The maximum absolute atomic E-state index is 11.3. The van der Waals surface area contributed by atoms with Crippen LogP contribution in [0.3, 0.4) is 0 Å². The zero-order chi connectivity index (χ0) is 18.6. The van der Waals surface area contributed by atoms with Crippen LogP contribution in [0.2, 0.25) is 0 Å². The molecule has 0 spiro atoms. The monoisotopic (exact) mass is 371 g/mol. The van der Waals surface area contributed by atoms with Gasteiger partial charge in [-0.15, -0.1) is 0 Å². The molecular weight excluding hydrogens is 346 g/mol. The van der Waals surface area contributed by atoms with Crippen LogP contribution in [-0.4, -0.2) is 37.9 Å². The topological polar surface area (TPSA) is 70.5 Å². The van der Waals surface area contributed by atoms with Crippen molar-refractivity contribution in [3.8, 4) is 5.75 Å². The van der Waals surface area contributed by atoms with Crippen LogP contribution < -0.4 is 14.5 Å². The van der Waals surface area contributed by atoms with Crippen LogP contribution in [-0.2, 0) is 24.4 Å². The highest BCUT2D eigenvalue weighted by Crippen LogP contribution is 2.32. The fourth-order valence-electron chi connectivity index (χ4n) is 3.98. The summed E-state index contributed by atoms with van der Waals surface area (Å²) in [5.74, 6) is 0.776. The molecule has 7 nitrogen and oxygen atoms in total. The van der Waals surface area contributed by atoms with E-state index in [1.807, 2.05) is 6.07 Å². The van der Waals surface area contributed by atoms with E-state index in [0.29, 0.717) is 6.61 Å². The van der Waals surface area contributed by atoms with Crippen molar-refractivity contribution in [1.29, 1.82) is 0 Å². The quantitative estimate of drug-likeness (QED) is 0.571. The summed E-state index contributed by atoms with van der Waals surface area (Å²) in [6.07, 6.45) is 0. The average molecular weight is 371 g/mol. The molecule has 0 aromatic heterocycles. The van der Waals surface area contributed by atoms with Gasteiger partial charge >= 0.3 is 0 Å². The van der Waals surface area contributed by atoms with Crippen LogP contribution in [0.15, 0.2) is 42.5 Å². The van der Waals surface area contributed by atoms with E-state index < -0.39 is 0 Å². The number of hydrogen-bond donors (Lipinski definition) is 2. The molecule has 2 aliphatic heterocycles. The zero-order valence-corrected chi connectivity index (χ0v) is 15.3. The number of nitrogens with zero attached hydrogens (tertiary/aromatic N) is 1. The molecule has 0 bridgehead atoms. The number of rotatable bonds is 5. The van der Waals surface area contributed by atoms with Crippen molar-refractivity contribution >= 4 is 5.69 Å². The van der Waals surface area contributed by atoms with E-state index in [0.717, 1.165) is 56.1 Å². The van der Waals surface area contributed by atoms with Crippen molar-refractivity contribution in [3.05, 3.63) is 69.3 Å². The van der Waals surface area contributed by atoms with E-state index in [-0.39, 0.29) is 17.4 Å². The first-order chi connectivity index (χ1) is 13.2. The molecule has 0 aliphatic carbocycles. The second kappa shape index (κ2) is 8.04. The number of piperazine rings is 1. The molecule has 0 radical (unpaired) electrons. The Hall–Kier alpha value is -2.48. The predicted molar refractivity (Wildman–Crippen MR) is 98.6 cm³/mol. The lowest BCUT2D eigenvalue weighted by Crippen LogP contribution is -3.27. The Morgan fingerprint density at radius 1 is 1.00 bits per heavy atom. The van der Waals surface area contributed by atoms with Gasteiger partial charge in [0, 0.05) is 23.3 Å². The van der Waals surface area contributed by atoms with Crippen LogP contribution in [0.5, 0.6) is 5.75 Å². The fourth-order valence-corrected chi connectivity index (χ4v) is 3.98. The van der Waals surface area contributed by atoms with Crippen molar-refractivity contribution in [2.75, 3.05) is 33.0 Å². The Kier molecular flexibility index (Phi) is 5.33. The fraction of sp³-hybridized carbons (Fsp3) is 0.400. The summed E-state index contributed by atoms with van der Waals surface area (Å²) in [5, 5.41) is 11.3. The van der Waals surface area contributed by atoms with E-state index in [4.69, 9.17) is 9.47 Å². The molecule has 2 heterocycles. The van der Waals surface area contributed by atoms with Gasteiger partial charge in [0.1, 0.15) is 45.0 Å². The lowest BCUT2D eigenvalue weighted by Gasteiger charge is -2.30. The van der Waals surface area contributed by atoms with Crippen LogP contribution in [0, 0.1) is 10.1 Å². The minimum Gasteiger partial charge on any atom is -0.467 e. The molecule has 1 saturated heterocycles. The Labute approximate surface area is 158 Å². The van der Waals surface area contributed by atoms with Crippen molar-refractivity contribution in [1.82, 2.24) is 0 Å². The van der Waals surface area contributed by atoms with Crippen LogP contribution in [0.1, 0.15) is 16.7 Å². The van der Waals surface area contributed by atoms with Crippen LogP contribution in [0.4, 0.5) is 5.69 Å². The molecule has 2 aromatic carbocycles. The summed E-state index contributed by atoms with van der Waals surface area (Å²) in [5.41, 5.74) is 3.19. The number of hydrogen-bond acceptors (Lipinski definition) is 4. The van der Waals surface area contributed by atoms with E-state index in [1.54, 1.807) is 17.0 Å². The van der Waals surface area contributed by atoms with Gasteiger partial charge in [-0.25, -0.2) is 0 Å². The minimum atomic E-state index is -0.338. The van der Waals surface area contributed by atoms with E-state index >= 15 is 0 Å². The van der Waals surface area contributed by atoms with Gasteiger partial charge in [-0.05, 0) is 0 Å². The lowest BCUT2D eigenvalue weighted by molar-refractivity contribution is -1.02. The van der Waals surface area contributed by atoms with E-state index in [1.165, 1.54) is 10.5 Å². The second-order valence-electron chi connectivity index (χ2n) is 7.30. The maximum atomic E-state index is 11.3. The number of ether oxygens (including phenoxy) is 2. The SMILES string of the molecule is O=[N+]([O-])c1cc2c(c(C[NH+]3CC[NH+](Cc4ccccc4)CC3)c1)OCOC2. The standard InChI is InChI=1S/C20H23N3O4/c24-23(25)19-10-17(20-18(11-19)14-26-15-27-20)13-22-8-6-21(7-9-22)12-16-4-2-1-3-5-16/h1-5,10-11H,6-9,12-15H2/p+2. The first-order valence-electron chi connectivity index (χ1n) is 9.41. The van der Waals surface area contributed by atoms with Gasteiger partial charge in [0.25, 0.3) is 5.69 Å². The normalized spacial score (nSPS) is 21.9. The van der Waals surface area contributed by atoms with Gasteiger partial charge in [0.05, 0.1) is 17.1 Å². The third-order valence-corrected chi connectivity index (χ3v) is 5.38. The summed E-state index contributed by atoms with van der Waals surface area (Å²) in [6.45, 7) is 6.70. The molecule has 0 unspecified atom stereocenters. The number of benzene rings is 2. The van der Waals surface area contributed by atoms with E-state index in [9.17, 15) is 10.1 Å². The molecule has 7 heteroatoms. The molecule has 0 amide bonds. The summed E-state index contributed by atoms with van der Waals surface area (Å²) in [4.78, 5) is 14.0. The second-order valence-corrected chi connectivity index (χ2v) is 7.30. The zero-order valence-electron chi connectivity index (χ0n) is 15.3. The van der Waals surface area contributed by atoms with Gasteiger partial charge < -0.3 is 19.3 Å². The Bertz CT molecular complexity index is 804. The van der Waals surface area contributed by atoms with E-state index in [2.05, 4.69) is 24.3 Å². The molecule has 27 heavy (non-hydrogen) atoms. The highest BCUT2D eigenvalue weighted by Gasteiger charge is 2.27. The number of non-ortho nitro benzene ring substituents is 1. The van der Waals surface area contributed by atoms with Gasteiger partial charge in [0.15, 0.2) is 6.79 Å². The van der Waals surface area contributed by atoms with Crippen molar-refractivity contribution < 1.29 is 24.2 Å². The third-order valence-electron chi connectivity index (χ3n) is 5.38. The number of nitro groups is 1. The minimum absolute atomic E-state index is 0.116. The van der Waals surface area contributed by atoms with Crippen LogP contribution >= 0.6 is 0 Å². The summed E-state index contributed by atoms with van der Waals surface area (Å²) in [7, 11) is 0. The molecule has 1 fully saturated rings. The number of quaternary nitrogens is 2. The Balaban J connectivity index is 1.41. The summed E-state index contributed by atoms with van der Waals surface area (Å²) < 4.78 is 11.0. The summed E-state index contributed by atoms with van der Waals surface area (Å²) in [6, 6.07) is 13.8. The maximum Gasteiger partial charge on any atom is 0.270 e. The molecule has 0 atom stereocenters. The van der Waals surface area contributed by atoms with Crippen molar-refractivity contribution in [3.63, 3.8) is 0 Å². The first-order valence-corrected chi connectivity index (χ1v) is 9.41. The molecule has 142 valence electrons. The molecule has 2 aliphatic rings. The molecular formula is C20H25N3O4+2. The third kappa shape index (κ3) is 4.27. The number of fused-ring (bicyclic) bond motifs is 1. The smallest absolute Gasteiger partial charge is 0.270 e. The van der Waals surface area contributed by atoms with Gasteiger partial charge in [0.2, 0.25) is 0 Å².